The number of hydrogen-bond acceptors (Lipinski definition) is 7. The number of nitrogens with zero attached hydrogens (tertiary/aromatic N) is 5. The van der Waals surface area contributed by atoms with Crippen LogP contribution in [0.25, 0.3) is 11.1 Å². The number of aromatic nitrogens is 2. The Bertz CT molecular complexity index is 1410. The summed E-state index contributed by atoms with van der Waals surface area (Å²) in [5, 5.41) is 0. The summed E-state index contributed by atoms with van der Waals surface area (Å²) >= 11 is 0. The lowest BCUT2D eigenvalue weighted by molar-refractivity contribution is 0.150. The number of ether oxygens (including phenoxy) is 1. The van der Waals surface area contributed by atoms with E-state index >= 15 is 0 Å². The van der Waals surface area contributed by atoms with E-state index in [1.165, 1.54) is 16.4 Å². The molecule has 3 heterocycles. The molecule has 0 saturated carbocycles. The molecule has 0 aliphatic carbocycles. The standard InChI is InChI=1S/C30H36FN5O4S/c1-22(2)26(19-36-28(20-40-30(36)37)16-23-6-4-3-5-7-23)21-41(38,39)35-14-12-34(13-15-35)29-32-17-25(18-33-29)24-8-10-27(31)11-9-24/h3-11,17-18,22,26,28H,12-16,19-21H2,1-2H3. The fraction of sp³-hybridized carbons (Fsp3) is 0.433. The smallest absolute Gasteiger partial charge is 0.410 e. The molecule has 5 rings (SSSR count). The Morgan fingerprint density at radius 2 is 1.61 bits per heavy atom. The van der Waals surface area contributed by atoms with Gasteiger partial charge in [-0.2, -0.15) is 4.31 Å². The van der Waals surface area contributed by atoms with Crippen molar-refractivity contribution in [1.29, 1.82) is 0 Å². The first-order valence-corrected chi connectivity index (χ1v) is 15.6. The molecular formula is C30H36FN5O4S. The molecule has 2 saturated heterocycles. The van der Waals surface area contributed by atoms with Crippen LogP contribution >= 0.6 is 0 Å². The van der Waals surface area contributed by atoms with Crippen LogP contribution in [0.1, 0.15) is 19.4 Å². The number of carbonyl (C=O) groups excluding carboxylic acids is 1. The normalized spacial score (nSPS) is 19.0. The number of halogens is 1. The van der Waals surface area contributed by atoms with E-state index in [1.807, 2.05) is 49.1 Å². The largest absolute Gasteiger partial charge is 0.447 e. The fourth-order valence-electron chi connectivity index (χ4n) is 5.30. The monoisotopic (exact) mass is 581 g/mol. The van der Waals surface area contributed by atoms with Gasteiger partial charge in [0.2, 0.25) is 16.0 Å². The van der Waals surface area contributed by atoms with Gasteiger partial charge in [0, 0.05) is 50.7 Å². The number of anilines is 1. The van der Waals surface area contributed by atoms with Gasteiger partial charge in [-0.1, -0.05) is 56.3 Å². The molecule has 0 radical (unpaired) electrons. The van der Waals surface area contributed by atoms with Gasteiger partial charge in [0.15, 0.2) is 0 Å². The van der Waals surface area contributed by atoms with Crippen LogP contribution in [0.4, 0.5) is 15.1 Å². The highest BCUT2D eigenvalue weighted by molar-refractivity contribution is 7.89. The van der Waals surface area contributed by atoms with Crippen LogP contribution in [-0.4, -0.2) is 84.8 Å². The molecule has 2 aliphatic rings. The number of carbonyl (C=O) groups is 1. The van der Waals surface area contributed by atoms with Gasteiger partial charge >= 0.3 is 6.09 Å². The minimum Gasteiger partial charge on any atom is -0.447 e. The quantitative estimate of drug-likeness (QED) is 0.356. The van der Waals surface area contributed by atoms with Crippen LogP contribution in [-0.2, 0) is 21.2 Å². The highest BCUT2D eigenvalue weighted by atomic mass is 32.2. The summed E-state index contributed by atoms with van der Waals surface area (Å²) in [7, 11) is -3.56. The lowest BCUT2D eigenvalue weighted by Crippen LogP contribution is -2.51. The first kappa shape index (κ1) is 28.9. The van der Waals surface area contributed by atoms with E-state index in [1.54, 1.807) is 29.4 Å². The second-order valence-corrected chi connectivity index (χ2v) is 13.0. The van der Waals surface area contributed by atoms with Crippen molar-refractivity contribution in [1.82, 2.24) is 19.2 Å². The molecule has 2 unspecified atom stereocenters. The third-order valence-corrected chi connectivity index (χ3v) is 9.92. The molecule has 1 amide bonds. The average molecular weight is 582 g/mol. The van der Waals surface area contributed by atoms with E-state index in [0.717, 1.165) is 16.7 Å². The minimum absolute atomic E-state index is 0.0324. The number of rotatable bonds is 10. The maximum atomic E-state index is 13.5. The molecule has 2 aromatic carbocycles. The molecule has 218 valence electrons. The van der Waals surface area contributed by atoms with E-state index < -0.39 is 10.0 Å². The first-order valence-electron chi connectivity index (χ1n) is 14.0. The number of piperazine rings is 1. The first-order chi connectivity index (χ1) is 19.7. The van der Waals surface area contributed by atoms with Crippen molar-refractivity contribution in [2.24, 2.45) is 11.8 Å². The molecule has 41 heavy (non-hydrogen) atoms. The van der Waals surface area contributed by atoms with Crippen molar-refractivity contribution >= 4 is 22.1 Å². The van der Waals surface area contributed by atoms with Gasteiger partial charge < -0.3 is 14.5 Å². The highest BCUT2D eigenvalue weighted by Gasteiger charge is 2.38. The molecule has 1 aromatic heterocycles. The number of hydrogen-bond donors (Lipinski definition) is 0. The molecule has 0 bridgehead atoms. The van der Waals surface area contributed by atoms with Crippen molar-refractivity contribution < 1.29 is 22.3 Å². The number of amides is 1. The summed E-state index contributed by atoms with van der Waals surface area (Å²) in [4.78, 5) is 25.2. The van der Waals surface area contributed by atoms with Crippen LogP contribution in [0.2, 0.25) is 0 Å². The SMILES string of the molecule is CC(C)C(CN1C(=O)OCC1Cc1ccccc1)CS(=O)(=O)N1CCN(c2ncc(-c3ccc(F)cc3)cn2)CC1. The lowest BCUT2D eigenvalue weighted by atomic mass is 9.96. The Kier molecular flexibility index (Phi) is 8.84. The van der Waals surface area contributed by atoms with Crippen molar-refractivity contribution in [3.8, 4) is 11.1 Å². The van der Waals surface area contributed by atoms with Crippen molar-refractivity contribution in [3.05, 3.63) is 78.4 Å². The summed E-state index contributed by atoms with van der Waals surface area (Å²) in [5.74, 6) is 0.0267. The maximum Gasteiger partial charge on any atom is 0.410 e. The highest BCUT2D eigenvalue weighted by Crippen LogP contribution is 2.25. The zero-order chi connectivity index (χ0) is 29.0. The van der Waals surface area contributed by atoms with E-state index in [4.69, 9.17) is 4.74 Å². The molecule has 2 aliphatic heterocycles. The Morgan fingerprint density at radius 1 is 0.951 bits per heavy atom. The summed E-state index contributed by atoms with van der Waals surface area (Å²) in [6, 6.07) is 16.0. The Hall–Kier alpha value is -3.57. The van der Waals surface area contributed by atoms with Gasteiger partial charge in [-0.25, -0.2) is 27.6 Å². The average Bonchev–Trinajstić information content (AvgIpc) is 3.32. The summed E-state index contributed by atoms with van der Waals surface area (Å²) in [5.41, 5.74) is 2.71. The molecule has 0 N–H and O–H groups in total. The zero-order valence-corrected chi connectivity index (χ0v) is 24.2. The van der Waals surface area contributed by atoms with Gasteiger partial charge in [0.1, 0.15) is 12.4 Å². The number of sulfonamides is 1. The molecule has 3 aromatic rings. The third-order valence-electron chi connectivity index (χ3n) is 7.92. The van der Waals surface area contributed by atoms with Gasteiger partial charge in [0.25, 0.3) is 0 Å². The molecular weight excluding hydrogens is 545 g/mol. The van der Waals surface area contributed by atoms with Gasteiger partial charge in [-0.05, 0) is 41.5 Å². The lowest BCUT2D eigenvalue weighted by Gasteiger charge is -2.35. The van der Waals surface area contributed by atoms with Crippen LogP contribution in [0.5, 0.6) is 0 Å². The summed E-state index contributed by atoms with van der Waals surface area (Å²) in [6.07, 6.45) is 3.67. The Balaban J connectivity index is 1.18. The molecule has 11 heteroatoms. The van der Waals surface area contributed by atoms with E-state index in [-0.39, 0.29) is 35.5 Å². The summed E-state index contributed by atoms with van der Waals surface area (Å²) in [6.45, 7) is 6.24. The molecule has 2 atom stereocenters. The van der Waals surface area contributed by atoms with Gasteiger partial charge in [0.05, 0.1) is 11.8 Å². The van der Waals surface area contributed by atoms with Crippen molar-refractivity contribution in [3.63, 3.8) is 0 Å². The minimum atomic E-state index is -3.56. The van der Waals surface area contributed by atoms with Crippen LogP contribution in [0.15, 0.2) is 67.0 Å². The Morgan fingerprint density at radius 3 is 2.24 bits per heavy atom. The molecule has 9 nitrogen and oxygen atoms in total. The van der Waals surface area contributed by atoms with Crippen molar-refractivity contribution in [2.75, 3.05) is 50.0 Å². The second kappa shape index (κ2) is 12.5. The van der Waals surface area contributed by atoms with Gasteiger partial charge in [-0.3, -0.25) is 0 Å². The van der Waals surface area contributed by atoms with E-state index in [2.05, 4.69) is 9.97 Å². The fourth-order valence-corrected chi connectivity index (χ4v) is 7.26. The van der Waals surface area contributed by atoms with Crippen LogP contribution in [0, 0.1) is 17.7 Å². The second-order valence-electron chi connectivity index (χ2n) is 11.0. The van der Waals surface area contributed by atoms with Crippen LogP contribution < -0.4 is 4.90 Å². The van der Waals surface area contributed by atoms with Gasteiger partial charge in [-0.15, -0.1) is 0 Å². The number of benzene rings is 2. The third kappa shape index (κ3) is 7.02. The van der Waals surface area contributed by atoms with Crippen molar-refractivity contribution in [2.45, 2.75) is 26.3 Å². The number of cyclic esters (lactones) is 1. The predicted molar refractivity (Wildman–Crippen MR) is 155 cm³/mol. The Labute approximate surface area is 241 Å². The summed E-state index contributed by atoms with van der Waals surface area (Å²) < 4.78 is 47.1. The van der Waals surface area contributed by atoms with E-state index in [0.29, 0.717) is 51.7 Å². The maximum absolute atomic E-state index is 13.5. The van der Waals surface area contributed by atoms with E-state index in [9.17, 15) is 17.6 Å². The van der Waals surface area contributed by atoms with Crippen LogP contribution in [0.3, 0.4) is 0 Å². The zero-order valence-electron chi connectivity index (χ0n) is 23.4. The topological polar surface area (TPSA) is 95.9 Å². The molecule has 2 fully saturated rings. The predicted octanol–water partition coefficient (Wildman–Crippen LogP) is 4.07. The molecule has 0 spiro atoms.